The summed E-state index contributed by atoms with van der Waals surface area (Å²) < 4.78 is 23.5. The molecular weight excluding hydrogens is 284 g/mol. The van der Waals surface area contributed by atoms with E-state index in [1.807, 2.05) is 17.5 Å². The molecule has 2 rings (SSSR count). The van der Waals surface area contributed by atoms with Gasteiger partial charge in [0.1, 0.15) is 0 Å². The van der Waals surface area contributed by atoms with E-state index >= 15 is 0 Å². The highest BCUT2D eigenvalue weighted by Gasteiger charge is 2.38. The summed E-state index contributed by atoms with van der Waals surface area (Å²) >= 11 is 1.44. The predicted molar refractivity (Wildman–Crippen MR) is 77.4 cm³/mol. The molecule has 7 heteroatoms. The monoisotopic (exact) mass is 302 g/mol. The van der Waals surface area contributed by atoms with E-state index in [-0.39, 0.29) is 12.1 Å². The molecule has 0 aromatic carbocycles. The van der Waals surface area contributed by atoms with Crippen molar-refractivity contribution in [1.29, 1.82) is 0 Å². The number of amides is 2. The van der Waals surface area contributed by atoms with Crippen molar-refractivity contribution in [3.05, 3.63) is 17.5 Å². The van der Waals surface area contributed by atoms with Crippen molar-refractivity contribution in [2.45, 2.75) is 30.6 Å². The quantitative estimate of drug-likeness (QED) is 0.930. The number of sulfone groups is 1. The maximum absolute atomic E-state index is 12.1. The smallest absolute Gasteiger partial charge is 0.322 e. The largest absolute Gasteiger partial charge is 0.323 e. The van der Waals surface area contributed by atoms with Crippen LogP contribution >= 0.6 is 11.3 Å². The second-order valence-corrected chi connectivity index (χ2v) is 8.10. The number of urea groups is 1. The number of hydrogen-bond donors (Lipinski definition) is 1. The minimum atomic E-state index is -3.11. The Morgan fingerprint density at radius 2 is 2.21 bits per heavy atom. The summed E-state index contributed by atoms with van der Waals surface area (Å²) in [4.78, 5) is 13.6. The number of anilines is 1. The number of carbonyl (C=O) groups excluding carboxylic acids is 1. The lowest BCUT2D eigenvalue weighted by Crippen LogP contribution is -2.46. The van der Waals surface area contributed by atoms with Gasteiger partial charge in [-0.15, -0.1) is 11.3 Å². The van der Waals surface area contributed by atoms with Gasteiger partial charge >= 0.3 is 6.03 Å². The molecule has 106 valence electrons. The van der Waals surface area contributed by atoms with Crippen molar-refractivity contribution in [3.8, 4) is 0 Å². The van der Waals surface area contributed by atoms with Crippen molar-refractivity contribution in [2.24, 2.45) is 0 Å². The standard InChI is InChI=1S/C12H18N2O3S2/c1-14(12(15)13-11-7-4-8-18-11)9-5-3-6-10(9)19(2,16)17/h4,7-10H,3,5-6H2,1-2H3,(H,13,15). The first-order valence-corrected chi connectivity index (χ1v) is 8.99. The van der Waals surface area contributed by atoms with E-state index in [0.717, 1.165) is 17.8 Å². The van der Waals surface area contributed by atoms with Gasteiger partial charge in [-0.1, -0.05) is 0 Å². The van der Waals surface area contributed by atoms with Crippen molar-refractivity contribution in [1.82, 2.24) is 4.90 Å². The molecule has 2 atom stereocenters. The molecule has 0 spiro atoms. The molecule has 1 aliphatic carbocycles. The predicted octanol–water partition coefficient (Wildman–Crippen LogP) is 2.18. The fourth-order valence-corrected chi connectivity index (χ4v) is 4.63. The lowest BCUT2D eigenvalue weighted by atomic mass is 10.2. The molecule has 2 unspecified atom stereocenters. The van der Waals surface area contributed by atoms with Crippen molar-refractivity contribution in [2.75, 3.05) is 18.6 Å². The third kappa shape index (κ3) is 3.27. The van der Waals surface area contributed by atoms with Gasteiger partial charge in [-0.2, -0.15) is 0 Å². The van der Waals surface area contributed by atoms with E-state index in [2.05, 4.69) is 5.32 Å². The summed E-state index contributed by atoms with van der Waals surface area (Å²) in [6.07, 6.45) is 3.48. The third-order valence-corrected chi connectivity index (χ3v) is 5.97. The average molecular weight is 302 g/mol. The Morgan fingerprint density at radius 3 is 2.79 bits per heavy atom. The van der Waals surface area contributed by atoms with E-state index in [0.29, 0.717) is 6.42 Å². The number of hydrogen-bond acceptors (Lipinski definition) is 4. The molecule has 0 radical (unpaired) electrons. The van der Waals surface area contributed by atoms with Gasteiger partial charge in [0.15, 0.2) is 9.84 Å². The van der Waals surface area contributed by atoms with Gasteiger partial charge in [0.25, 0.3) is 0 Å². The normalized spacial score (nSPS) is 23.3. The first-order valence-electron chi connectivity index (χ1n) is 6.16. The Bertz CT molecular complexity index is 539. The Kier molecular flexibility index (Phi) is 4.15. The molecule has 0 bridgehead atoms. The first-order chi connectivity index (χ1) is 8.89. The van der Waals surface area contributed by atoms with Gasteiger partial charge in [0.05, 0.1) is 10.3 Å². The number of carbonyl (C=O) groups is 1. The molecule has 1 heterocycles. The summed E-state index contributed by atoms with van der Waals surface area (Å²) in [5.41, 5.74) is 0. The molecule has 5 nitrogen and oxygen atoms in total. The van der Waals surface area contributed by atoms with E-state index in [1.54, 1.807) is 7.05 Å². The fraction of sp³-hybridized carbons (Fsp3) is 0.583. The third-order valence-electron chi connectivity index (χ3n) is 3.54. The molecule has 0 saturated heterocycles. The Morgan fingerprint density at radius 1 is 1.47 bits per heavy atom. The number of nitrogens with zero attached hydrogens (tertiary/aromatic N) is 1. The summed E-state index contributed by atoms with van der Waals surface area (Å²) in [7, 11) is -1.45. The van der Waals surface area contributed by atoms with Crippen LogP contribution in [-0.4, -0.2) is 43.9 Å². The van der Waals surface area contributed by atoms with Gasteiger partial charge < -0.3 is 4.90 Å². The van der Waals surface area contributed by atoms with E-state index < -0.39 is 15.1 Å². The number of thiophene rings is 1. The lowest BCUT2D eigenvalue weighted by Gasteiger charge is -2.28. The molecule has 1 saturated carbocycles. The lowest BCUT2D eigenvalue weighted by molar-refractivity contribution is 0.205. The van der Waals surface area contributed by atoms with Gasteiger partial charge in [0.2, 0.25) is 0 Å². The summed E-state index contributed by atoms with van der Waals surface area (Å²) in [5.74, 6) is 0. The van der Waals surface area contributed by atoms with Crippen molar-refractivity contribution in [3.63, 3.8) is 0 Å². The van der Waals surface area contributed by atoms with Crippen LogP contribution in [0.1, 0.15) is 19.3 Å². The minimum Gasteiger partial charge on any atom is -0.323 e. The molecule has 1 fully saturated rings. The van der Waals surface area contributed by atoms with E-state index in [9.17, 15) is 13.2 Å². The number of rotatable bonds is 3. The van der Waals surface area contributed by atoms with E-state index in [1.165, 1.54) is 22.5 Å². The summed E-state index contributed by atoms with van der Waals surface area (Å²) in [5, 5.41) is 4.99. The van der Waals surface area contributed by atoms with Gasteiger partial charge in [-0.25, -0.2) is 13.2 Å². The summed E-state index contributed by atoms with van der Waals surface area (Å²) in [6, 6.07) is 3.20. The Labute approximate surface area is 117 Å². The zero-order valence-electron chi connectivity index (χ0n) is 11.0. The van der Waals surface area contributed by atoms with Crippen LogP contribution in [0.25, 0.3) is 0 Å². The molecule has 1 N–H and O–H groups in total. The minimum absolute atomic E-state index is 0.227. The maximum atomic E-state index is 12.1. The van der Waals surface area contributed by atoms with Crippen LogP contribution in [0, 0.1) is 0 Å². The molecule has 19 heavy (non-hydrogen) atoms. The molecule has 1 aromatic heterocycles. The average Bonchev–Trinajstić information content (AvgIpc) is 2.96. The van der Waals surface area contributed by atoms with Crippen LogP contribution in [0.3, 0.4) is 0 Å². The highest BCUT2D eigenvalue weighted by atomic mass is 32.2. The Balaban J connectivity index is 2.06. The highest BCUT2D eigenvalue weighted by molar-refractivity contribution is 7.91. The van der Waals surface area contributed by atoms with Crippen LogP contribution in [-0.2, 0) is 9.84 Å². The van der Waals surface area contributed by atoms with Gasteiger partial charge in [0, 0.05) is 19.3 Å². The second kappa shape index (κ2) is 5.50. The van der Waals surface area contributed by atoms with Crippen molar-refractivity contribution >= 4 is 32.2 Å². The SMILES string of the molecule is CN(C(=O)Nc1cccs1)C1CCCC1S(C)(=O)=O. The van der Waals surface area contributed by atoms with Gasteiger partial charge in [-0.3, -0.25) is 5.32 Å². The van der Waals surface area contributed by atoms with Crippen LogP contribution in [0.4, 0.5) is 9.80 Å². The topological polar surface area (TPSA) is 66.5 Å². The van der Waals surface area contributed by atoms with Gasteiger partial charge in [-0.05, 0) is 36.8 Å². The zero-order valence-corrected chi connectivity index (χ0v) is 12.6. The highest BCUT2D eigenvalue weighted by Crippen LogP contribution is 2.29. The first kappa shape index (κ1) is 14.3. The van der Waals surface area contributed by atoms with Crippen LogP contribution in [0.15, 0.2) is 17.5 Å². The maximum Gasteiger partial charge on any atom is 0.322 e. The van der Waals surface area contributed by atoms with Crippen LogP contribution < -0.4 is 5.32 Å². The molecular formula is C12H18N2O3S2. The Hall–Kier alpha value is -1.08. The molecule has 1 aromatic rings. The van der Waals surface area contributed by atoms with Crippen LogP contribution in [0.5, 0.6) is 0 Å². The molecule has 0 aliphatic heterocycles. The second-order valence-electron chi connectivity index (χ2n) is 4.88. The zero-order chi connectivity index (χ0) is 14.0. The number of nitrogens with one attached hydrogen (secondary N) is 1. The van der Waals surface area contributed by atoms with Crippen LogP contribution in [0.2, 0.25) is 0 Å². The van der Waals surface area contributed by atoms with Crippen molar-refractivity contribution < 1.29 is 13.2 Å². The van der Waals surface area contributed by atoms with E-state index in [4.69, 9.17) is 0 Å². The molecule has 1 aliphatic rings. The molecule has 2 amide bonds. The summed E-state index contributed by atoms with van der Waals surface area (Å²) in [6.45, 7) is 0. The fourth-order valence-electron chi connectivity index (χ4n) is 2.54.